The number of hydrogen-bond donors (Lipinski definition) is 3. The molecule has 0 fully saturated rings. The second kappa shape index (κ2) is 71.0. The molecule has 0 aromatic carbocycles. The lowest BCUT2D eigenvalue weighted by Gasteiger charge is -2.21. The van der Waals surface area contributed by atoms with Crippen LogP contribution in [0.2, 0.25) is 0 Å². The zero-order valence-electron chi connectivity index (χ0n) is 66.5. The van der Waals surface area contributed by atoms with Crippen LogP contribution < -0.4 is 0 Å². The van der Waals surface area contributed by atoms with Crippen molar-refractivity contribution in [2.24, 2.45) is 23.7 Å². The number of esters is 4. The lowest BCUT2D eigenvalue weighted by Crippen LogP contribution is -2.30. The summed E-state index contributed by atoms with van der Waals surface area (Å²) in [6.45, 7) is 14.3. The van der Waals surface area contributed by atoms with Crippen molar-refractivity contribution >= 4 is 39.5 Å². The number of aliphatic hydroxyl groups is 1. The zero-order chi connectivity index (χ0) is 74.6. The van der Waals surface area contributed by atoms with E-state index >= 15 is 0 Å². The first-order valence-corrected chi connectivity index (χ1v) is 45.2. The molecule has 4 unspecified atom stereocenters. The van der Waals surface area contributed by atoms with E-state index in [1.165, 1.54) is 218 Å². The van der Waals surface area contributed by atoms with Crippen molar-refractivity contribution in [1.82, 2.24) is 0 Å². The summed E-state index contributed by atoms with van der Waals surface area (Å²) in [5.41, 5.74) is 0. The van der Waals surface area contributed by atoms with Gasteiger partial charge < -0.3 is 33.8 Å². The first-order valence-electron chi connectivity index (χ1n) is 42.2. The monoisotopic (exact) mass is 1480 g/mol. The molecule has 19 heteroatoms. The number of rotatable bonds is 79. The van der Waals surface area contributed by atoms with Gasteiger partial charge in [0.15, 0.2) is 12.2 Å². The standard InChI is InChI=1S/C82H160O17P2/c1-9-75(8)61-53-45-36-30-23-19-16-17-21-25-33-39-49-57-64-81(86)98-77(68-92-79(84)62-54-46-37-31-27-26-29-35-43-51-59-73(4)5)70-96-100(88,89)94-66-76(83)67-95-101(90,91)97-71-78(69-93-80(85)63-55-47-41-40-44-52-60-74(6)7)99-82(87)65-56-48-38-32-24-20-15-13-11-10-12-14-18-22-28-34-42-50-58-72(2)3/h72-78,83H,9-71H2,1-8H3,(H,88,89)(H,90,91)/t75?,76?,77-,78-/m1/s1. The van der Waals surface area contributed by atoms with Gasteiger partial charge in [0.1, 0.15) is 19.3 Å². The molecule has 0 aliphatic carbocycles. The van der Waals surface area contributed by atoms with Gasteiger partial charge in [-0.3, -0.25) is 37.3 Å². The molecule has 0 aromatic heterocycles. The molecular weight excluding hydrogens is 1320 g/mol. The fraction of sp³-hybridized carbons (Fsp3) is 0.951. The fourth-order valence-electron chi connectivity index (χ4n) is 12.6. The number of phosphoric acid groups is 2. The second-order valence-electron chi connectivity index (χ2n) is 31.2. The summed E-state index contributed by atoms with van der Waals surface area (Å²) >= 11 is 0. The van der Waals surface area contributed by atoms with E-state index in [0.29, 0.717) is 31.6 Å². The van der Waals surface area contributed by atoms with Gasteiger partial charge in [-0.2, -0.15) is 0 Å². The molecule has 0 aliphatic rings. The minimum absolute atomic E-state index is 0.107. The Labute approximate surface area is 619 Å². The molecule has 600 valence electrons. The molecule has 0 saturated carbocycles. The second-order valence-corrected chi connectivity index (χ2v) is 34.1. The van der Waals surface area contributed by atoms with Crippen molar-refractivity contribution in [3.05, 3.63) is 0 Å². The Bertz CT molecular complexity index is 1970. The molecule has 0 aliphatic heterocycles. The van der Waals surface area contributed by atoms with E-state index in [9.17, 15) is 43.2 Å². The Morgan fingerprint density at radius 1 is 0.277 bits per heavy atom. The van der Waals surface area contributed by atoms with Gasteiger partial charge in [0.2, 0.25) is 0 Å². The van der Waals surface area contributed by atoms with Crippen molar-refractivity contribution in [2.45, 2.75) is 440 Å². The largest absolute Gasteiger partial charge is 0.472 e. The smallest absolute Gasteiger partial charge is 0.462 e. The molecule has 0 spiro atoms. The SMILES string of the molecule is CCC(C)CCCCCCCCCCCCCCCCC(=O)O[C@H](COC(=O)CCCCCCCCCCCCC(C)C)COP(=O)(O)OCC(O)COP(=O)(O)OC[C@@H](COC(=O)CCCCCCCCC(C)C)OC(=O)CCCCCCCCCCCCCCCCCCCCC(C)C. The van der Waals surface area contributed by atoms with Crippen LogP contribution in [0.1, 0.15) is 421 Å². The van der Waals surface area contributed by atoms with Crippen LogP contribution in [0, 0.1) is 23.7 Å². The van der Waals surface area contributed by atoms with Crippen molar-refractivity contribution in [1.29, 1.82) is 0 Å². The van der Waals surface area contributed by atoms with Crippen LogP contribution >= 0.6 is 15.6 Å². The lowest BCUT2D eigenvalue weighted by atomic mass is 9.99. The Morgan fingerprint density at radius 2 is 0.475 bits per heavy atom. The van der Waals surface area contributed by atoms with Gasteiger partial charge in [0.05, 0.1) is 26.4 Å². The molecule has 6 atom stereocenters. The van der Waals surface area contributed by atoms with Gasteiger partial charge in [-0.15, -0.1) is 0 Å². The third kappa shape index (κ3) is 74.7. The van der Waals surface area contributed by atoms with Gasteiger partial charge >= 0.3 is 39.5 Å². The minimum atomic E-state index is -4.96. The van der Waals surface area contributed by atoms with E-state index in [-0.39, 0.29) is 25.7 Å². The van der Waals surface area contributed by atoms with Crippen LogP contribution in [0.25, 0.3) is 0 Å². The highest BCUT2D eigenvalue weighted by atomic mass is 31.2. The first kappa shape index (κ1) is 99.1. The molecule has 0 aromatic rings. The van der Waals surface area contributed by atoms with E-state index in [4.69, 9.17) is 37.0 Å². The van der Waals surface area contributed by atoms with Gasteiger partial charge in [0, 0.05) is 25.7 Å². The number of aliphatic hydroxyl groups excluding tert-OH is 1. The van der Waals surface area contributed by atoms with Crippen molar-refractivity contribution in [3.63, 3.8) is 0 Å². The van der Waals surface area contributed by atoms with Crippen molar-refractivity contribution in [2.75, 3.05) is 39.6 Å². The van der Waals surface area contributed by atoms with Gasteiger partial charge in [-0.25, -0.2) is 9.13 Å². The summed E-state index contributed by atoms with van der Waals surface area (Å²) in [5.74, 6) is 0.989. The number of carbonyl (C=O) groups excluding carboxylic acids is 4. The number of carbonyl (C=O) groups is 4. The van der Waals surface area contributed by atoms with E-state index in [0.717, 1.165) is 114 Å². The summed E-state index contributed by atoms with van der Waals surface area (Å²) in [7, 11) is -9.92. The summed E-state index contributed by atoms with van der Waals surface area (Å²) in [5, 5.41) is 10.6. The highest BCUT2D eigenvalue weighted by Gasteiger charge is 2.30. The number of unbranched alkanes of at least 4 members (excludes halogenated alkanes) is 44. The maximum absolute atomic E-state index is 13.1. The van der Waals surface area contributed by atoms with Crippen LogP contribution in [0.3, 0.4) is 0 Å². The lowest BCUT2D eigenvalue weighted by molar-refractivity contribution is -0.161. The molecule has 0 amide bonds. The van der Waals surface area contributed by atoms with Crippen molar-refractivity contribution in [3.8, 4) is 0 Å². The summed E-state index contributed by atoms with van der Waals surface area (Å²) in [6.07, 6.45) is 58.5. The quantitative estimate of drug-likeness (QED) is 0.0222. The predicted molar refractivity (Wildman–Crippen MR) is 414 cm³/mol. The third-order valence-corrected chi connectivity index (χ3v) is 21.3. The van der Waals surface area contributed by atoms with E-state index in [1.54, 1.807) is 0 Å². The number of hydrogen-bond acceptors (Lipinski definition) is 15. The molecule has 0 radical (unpaired) electrons. The average molecular weight is 1480 g/mol. The van der Waals surface area contributed by atoms with Crippen LogP contribution in [0.4, 0.5) is 0 Å². The highest BCUT2D eigenvalue weighted by molar-refractivity contribution is 7.47. The van der Waals surface area contributed by atoms with E-state index in [2.05, 4.69) is 55.4 Å². The predicted octanol–water partition coefficient (Wildman–Crippen LogP) is 24.4. The first-order chi connectivity index (χ1) is 48.6. The third-order valence-electron chi connectivity index (χ3n) is 19.4. The number of ether oxygens (including phenoxy) is 4. The molecule has 0 saturated heterocycles. The van der Waals surface area contributed by atoms with E-state index in [1.807, 2.05) is 0 Å². The maximum atomic E-state index is 13.1. The molecule has 3 N–H and O–H groups in total. The summed E-state index contributed by atoms with van der Waals surface area (Å²) in [4.78, 5) is 73.0. The van der Waals surface area contributed by atoms with Crippen LogP contribution in [0.5, 0.6) is 0 Å². The Morgan fingerprint density at radius 3 is 0.703 bits per heavy atom. The van der Waals surface area contributed by atoms with Crippen molar-refractivity contribution < 1.29 is 80.2 Å². The van der Waals surface area contributed by atoms with Gasteiger partial charge in [0.25, 0.3) is 0 Å². The highest BCUT2D eigenvalue weighted by Crippen LogP contribution is 2.45. The van der Waals surface area contributed by atoms with Crippen LogP contribution in [0.15, 0.2) is 0 Å². The topological polar surface area (TPSA) is 237 Å². The number of phosphoric ester groups is 2. The van der Waals surface area contributed by atoms with Gasteiger partial charge in [-0.1, -0.05) is 370 Å². The summed E-state index contributed by atoms with van der Waals surface area (Å²) < 4.78 is 68.7. The summed E-state index contributed by atoms with van der Waals surface area (Å²) in [6, 6.07) is 0. The molecule has 0 heterocycles. The van der Waals surface area contributed by atoms with Crippen LogP contribution in [-0.2, 0) is 65.4 Å². The molecule has 0 rings (SSSR count). The molecule has 0 bridgehead atoms. The Hall–Kier alpha value is -1.94. The fourth-order valence-corrected chi connectivity index (χ4v) is 14.2. The Balaban J connectivity index is 5.19. The zero-order valence-corrected chi connectivity index (χ0v) is 68.3. The maximum Gasteiger partial charge on any atom is 0.472 e. The van der Waals surface area contributed by atoms with E-state index < -0.39 is 97.5 Å². The van der Waals surface area contributed by atoms with Crippen LogP contribution in [-0.4, -0.2) is 96.7 Å². The Kier molecular flexibility index (Phi) is 69.6. The normalized spacial score (nSPS) is 14.3. The minimum Gasteiger partial charge on any atom is -0.462 e. The molecule has 17 nitrogen and oxygen atoms in total. The van der Waals surface area contributed by atoms with Gasteiger partial charge in [-0.05, 0) is 49.4 Å². The molecule has 101 heavy (non-hydrogen) atoms. The molecular formula is C82H160O17P2. The average Bonchev–Trinajstić information content (AvgIpc) is 0.958.